The first-order valence-corrected chi connectivity index (χ1v) is 25.6. The lowest BCUT2D eigenvalue weighted by atomic mass is 9.84. The van der Waals surface area contributed by atoms with Gasteiger partial charge in [-0.2, -0.15) is 5.26 Å². The average molecular weight is 972 g/mol. The number of thioether (sulfide) groups is 4. The van der Waals surface area contributed by atoms with E-state index in [9.17, 15) is 34.0 Å². The maximum absolute atomic E-state index is 14.2. The zero-order chi connectivity index (χ0) is 48.6. The monoisotopic (exact) mass is 971 g/mol. The minimum Gasteiger partial charge on any atom is -0.458 e. The van der Waals surface area contributed by atoms with Crippen LogP contribution in [0.2, 0.25) is 0 Å². The van der Waals surface area contributed by atoms with Gasteiger partial charge in [0.25, 0.3) is 11.8 Å². The largest absolute Gasteiger partial charge is 0.458 e. The summed E-state index contributed by atoms with van der Waals surface area (Å²) < 4.78 is 24.1. The van der Waals surface area contributed by atoms with Crippen LogP contribution >= 0.6 is 47.0 Å². The summed E-state index contributed by atoms with van der Waals surface area (Å²) in [5.41, 5.74) is -0.291. The van der Waals surface area contributed by atoms with Gasteiger partial charge in [0.1, 0.15) is 24.4 Å². The Labute approximate surface area is 401 Å². The van der Waals surface area contributed by atoms with Crippen LogP contribution in [0.3, 0.4) is 0 Å². The molecule has 0 N–H and O–H groups in total. The molecule has 1 aromatic carbocycles. The Bertz CT molecular complexity index is 2050. The number of ether oxygens (including phenoxy) is 4. The van der Waals surface area contributed by atoms with Crippen LogP contribution in [-0.2, 0) is 38.2 Å². The smallest absolute Gasteiger partial charge is 0.351 e. The van der Waals surface area contributed by atoms with Gasteiger partial charge in [0.15, 0.2) is 17.1 Å². The molecular weight excluding hydrogens is 907 g/mol. The van der Waals surface area contributed by atoms with E-state index >= 15 is 0 Å². The number of benzene rings is 1. The van der Waals surface area contributed by atoms with Crippen LogP contribution in [-0.4, -0.2) is 71.5 Å². The van der Waals surface area contributed by atoms with Crippen LogP contribution in [0.1, 0.15) is 141 Å². The lowest BCUT2D eigenvalue weighted by Crippen LogP contribution is -2.42. The highest BCUT2D eigenvalue weighted by molar-refractivity contribution is 8.26. The van der Waals surface area contributed by atoms with Crippen LogP contribution in [0.25, 0.3) is 0 Å². The van der Waals surface area contributed by atoms with Crippen molar-refractivity contribution in [2.24, 2.45) is 22.7 Å². The Balaban J connectivity index is 1.91. The quantitative estimate of drug-likeness (QED) is 0.0397. The minimum absolute atomic E-state index is 0.00877. The first-order valence-electron chi connectivity index (χ1n) is 22.4. The number of nitriles is 1. The number of unbranched alkanes of at least 4 members (excludes halogenated alkanes) is 2. The second-order valence-corrected chi connectivity index (χ2v) is 23.9. The summed E-state index contributed by atoms with van der Waals surface area (Å²) in [5.74, 6) is -3.39. The van der Waals surface area contributed by atoms with Crippen molar-refractivity contribution in [1.82, 2.24) is 10.0 Å². The van der Waals surface area contributed by atoms with Crippen molar-refractivity contribution in [3.05, 3.63) is 31.8 Å². The fourth-order valence-corrected chi connectivity index (χ4v) is 13.0. The van der Waals surface area contributed by atoms with Gasteiger partial charge in [-0.3, -0.25) is 19.2 Å². The Morgan fingerprint density at radius 2 is 1.15 bits per heavy atom. The molecule has 0 radical (unpaired) electrons. The Kier molecular flexibility index (Phi) is 19.2. The topological polar surface area (TPSA) is 170 Å². The van der Waals surface area contributed by atoms with E-state index in [-0.39, 0.29) is 81.0 Å². The number of carbonyl (C=O) groups is 6. The molecule has 3 aliphatic rings. The van der Waals surface area contributed by atoms with Crippen LogP contribution < -0.4 is 9.47 Å². The van der Waals surface area contributed by atoms with Gasteiger partial charge in [-0.25, -0.2) is 19.6 Å². The molecule has 0 aromatic heterocycles. The molecule has 3 heterocycles. The third-order valence-electron chi connectivity index (χ3n) is 10.2. The van der Waals surface area contributed by atoms with Crippen molar-refractivity contribution in [1.29, 1.82) is 5.26 Å². The number of fused-ring (bicyclic) bond motifs is 2. The summed E-state index contributed by atoms with van der Waals surface area (Å²) >= 11 is 4.19. The number of esters is 4. The fourth-order valence-electron chi connectivity index (χ4n) is 7.62. The molecule has 0 saturated carbocycles. The fraction of sp³-hybridized carbons (Fsp3) is 0.604. The molecule has 0 bridgehead atoms. The summed E-state index contributed by atoms with van der Waals surface area (Å²) in [6.07, 6.45) is 4.08. The third kappa shape index (κ3) is 14.3. The first kappa shape index (κ1) is 53.8. The molecule has 4 rings (SSSR count). The van der Waals surface area contributed by atoms with Crippen LogP contribution in [0.5, 0.6) is 11.5 Å². The number of hydrogen-bond acceptors (Lipinski definition) is 15. The van der Waals surface area contributed by atoms with E-state index in [1.165, 1.54) is 16.9 Å². The lowest BCUT2D eigenvalue weighted by molar-refractivity contribution is -0.153. The molecule has 1 saturated heterocycles. The normalized spacial score (nSPS) is 16.2. The van der Waals surface area contributed by atoms with Gasteiger partial charge in [-0.15, -0.1) is 0 Å². The van der Waals surface area contributed by atoms with E-state index in [0.29, 0.717) is 49.8 Å². The summed E-state index contributed by atoms with van der Waals surface area (Å²) in [4.78, 5) is 83.6. The van der Waals surface area contributed by atoms with Crippen molar-refractivity contribution in [3.63, 3.8) is 0 Å². The SMILES string of the molecule is C=C(C)C(=O)OCC(CC)OC(=O)C(C#N)=C1Sc2c(OC(=O)CC(C)CC(C)(C)C)c3c(c(OC(=O)CC(C)CC(C)(C)C)c2S1)SC(=C1C(=O)N(CCCC)N(CCCC)C1=O)S3. The molecule has 3 atom stereocenters. The number of rotatable bonds is 20. The van der Waals surface area contributed by atoms with Gasteiger partial charge >= 0.3 is 23.9 Å². The van der Waals surface area contributed by atoms with Crippen molar-refractivity contribution < 1.29 is 47.7 Å². The number of amides is 2. The standard InChI is InChI=1S/C48H65N3O10S4/c1-14-17-19-50-41(54)34(42(55)51(50)20-18-15-2)46-64-39-35(60-32(52)21-28(6)23-47(8,9)10)37-38(36(40(39)65-46)61-33(53)22-29(7)24-48(11,12)13)63-45(62-37)31(25-49)44(57)59-30(16-3)26-58-43(56)27(4)5/h28-30H,4,14-24,26H2,1-3,5-13H3. The first-order chi connectivity index (χ1) is 30.4. The molecule has 1 aromatic rings. The predicted octanol–water partition coefficient (Wildman–Crippen LogP) is 11.4. The molecule has 17 heteroatoms. The number of nitrogens with zero attached hydrogens (tertiary/aromatic N) is 3. The van der Waals surface area contributed by atoms with E-state index in [2.05, 4.69) is 48.1 Å². The van der Waals surface area contributed by atoms with Gasteiger partial charge in [0, 0.05) is 31.5 Å². The molecule has 1 fully saturated rings. The second kappa shape index (κ2) is 23.2. The zero-order valence-electron chi connectivity index (χ0n) is 40.0. The minimum atomic E-state index is -0.959. The Morgan fingerprint density at radius 3 is 1.52 bits per heavy atom. The number of hydrogen-bond donors (Lipinski definition) is 0. The molecule has 356 valence electrons. The lowest BCUT2D eigenvalue weighted by Gasteiger charge is -2.27. The average Bonchev–Trinajstić information content (AvgIpc) is 3.88. The van der Waals surface area contributed by atoms with Gasteiger partial charge < -0.3 is 18.9 Å². The van der Waals surface area contributed by atoms with Gasteiger partial charge in [-0.1, -0.05) is 143 Å². The van der Waals surface area contributed by atoms with Gasteiger partial charge in [-0.05, 0) is 61.7 Å². The molecule has 13 nitrogen and oxygen atoms in total. The van der Waals surface area contributed by atoms with E-state index < -0.39 is 41.8 Å². The molecule has 0 spiro atoms. The maximum Gasteiger partial charge on any atom is 0.351 e. The van der Waals surface area contributed by atoms with Crippen LogP contribution in [0, 0.1) is 34.0 Å². The van der Waals surface area contributed by atoms with Crippen LogP contribution in [0.4, 0.5) is 0 Å². The summed E-state index contributed by atoms with van der Waals surface area (Å²) in [6, 6.07) is 1.98. The van der Waals surface area contributed by atoms with Crippen molar-refractivity contribution in [2.45, 2.75) is 167 Å². The summed E-state index contributed by atoms with van der Waals surface area (Å²) in [5, 5.41) is 13.5. The third-order valence-corrected chi connectivity index (χ3v) is 15.4. The molecule has 3 aliphatic heterocycles. The Morgan fingerprint density at radius 1 is 0.723 bits per heavy atom. The molecule has 3 unspecified atom stereocenters. The highest BCUT2D eigenvalue weighted by Gasteiger charge is 2.47. The summed E-state index contributed by atoms with van der Waals surface area (Å²) in [6.45, 7) is 27.9. The molecule has 65 heavy (non-hydrogen) atoms. The molecule has 0 aliphatic carbocycles. The van der Waals surface area contributed by atoms with Gasteiger partial charge in [0.05, 0.1) is 28.1 Å². The van der Waals surface area contributed by atoms with E-state index in [1.54, 1.807) is 6.92 Å². The number of hydrazine groups is 1. The summed E-state index contributed by atoms with van der Waals surface area (Å²) in [7, 11) is 0. The second-order valence-electron chi connectivity index (χ2n) is 19.3. The van der Waals surface area contributed by atoms with Crippen molar-refractivity contribution >= 4 is 82.7 Å². The van der Waals surface area contributed by atoms with E-state index in [0.717, 1.165) is 72.7 Å². The maximum atomic E-state index is 14.2. The van der Waals surface area contributed by atoms with Crippen molar-refractivity contribution in [2.75, 3.05) is 19.7 Å². The Hall–Kier alpha value is -3.85. The zero-order valence-corrected chi connectivity index (χ0v) is 43.2. The number of carbonyl (C=O) groups excluding carboxylic acids is 6. The molecule has 2 amide bonds. The predicted molar refractivity (Wildman–Crippen MR) is 256 cm³/mol. The highest BCUT2D eigenvalue weighted by Crippen LogP contribution is 2.69. The molecular formula is C48H65N3O10S4. The van der Waals surface area contributed by atoms with Crippen molar-refractivity contribution in [3.8, 4) is 17.6 Å². The van der Waals surface area contributed by atoms with E-state index in [1.807, 2.05) is 33.8 Å². The van der Waals surface area contributed by atoms with E-state index in [4.69, 9.17) is 18.9 Å². The highest BCUT2D eigenvalue weighted by atomic mass is 32.2. The van der Waals surface area contributed by atoms with Gasteiger partial charge in [0.2, 0.25) is 0 Å². The van der Waals surface area contributed by atoms with Crippen LogP contribution in [0.15, 0.2) is 51.4 Å².